The van der Waals surface area contributed by atoms with Gasteiger partial charge in [-0.2, -0.15) is 10.2 Å². The average Bonchev–Trinajstić information content (AvgIpc) is 2.84. The van der Waals surface area contributed by atoms with Crippen LogP contribution in [0, 0.1) is 0 Å². The average molecular weight is 529 g/mol. The highest BCUT2D eigenvalue weighted by atomic mass is 35.5. The second-order valence-electron chi connectivity index (χ2n) is 7.47. The molecule has 4 nitrogen and oxygen atoms in total. The molecule has 0 bridgehead atoms. The van der Waals surface area contributed by atoms with E-state index < -0.39 is 0 Å². The molecule has 1 heterocycles. The van der Waals surface area contributed by atoms with Gasteiger partial charge in [0.15, 0.2) is 5.78 Å². The van der Waals surface area contributed by atoms with E-state index in [2.05, 4.69) is 15.2 Å². The molecule has 3 aromatic carbocycles. The molecule has 0 saturated carbocycles. The van der Waals surface area contributed by atoms with E-state index in [1.807, 2.05) is 42.5 Å². The molecule has 0 N–H and O–H groups in total. The molecule has 4 rings (SSSR count). The van der Waals surface area contributed by atoms with Crippen LogP contribution >= 0.6 is 46.4 Å². The second-order valence-corrected chi connectivity index (χ2v) is 9.05. The minimum atomic E-state index is -0.195. The number of pyridine rings is 1. The summed E-state index contributed by atoms with van der Waals surface area (Å²) in [6.07, 6.45) is 1.91. The summed E-state index contributed by atoms with van der Waals surface area (Å²) in [6, 6.07) is 22.0. The second kappa shape index (κ2) is 11.1. The summed E-state index contributed by atoms with van der Waals surface area (Å²) >= 11 is 24.8. The van der Waals surface area contributed by atoms with Crippen molar-refractivity contribution in [1.29, 1.82) is 0 Å². The molecule has 0 amide bonds. The number of hydrogen-bond acceptors (Lipinski definition) is 4. The van der Waals surface area contributed by atoms with Gasteiger partial charge >= 0.3 is 0 Å². The number of azo groups is 1. The Labute approximate surface area is 217 Å². The Bertz CT molecular complexity index is 1330. The van der Waals surface area contributed by atoms with Gasteiger partial charge in [0.2, 0.25) is 0 Å². The van der Waals surface area contributed by atoms with Gasteiger partial charge < -0.3 is 0 Å². The Balaban J connectivity index is 1.46. The summed E-state index contributed by atoms with van der Waals surface area (Å²) in [4.78, 5) is 16.6. The molecular weight excluding hydrogens is 512 g/mol. The minimum Gasteiger partial charge on any atom is -0.289 e. The first-order chi connectivity index (χ1) is 16.4. The monoisotopic (exact) mass is 527 g/mol. The van der Waals surface area contributed by atoms with Crippen molar-refractivity contribution >= 4 is 57.9 Å². The number of carbonyl (C=O) groups excluding carboxylic acids is 1. The van der Waals surface area contributed by atoms with Gasteiger partial charge in [0.25, 0.3) is 0 Å². The molecule has 0 aliphatic heterocycles. The highest BCUT2D eigenvalue weighted by Gasteiger charge is 2.13. The van der Waals surface area contributed by atoms with Crippen LogP contribution in [0.1, 0.15) is 32.6 Å². The number of carbonyl (C=O) groups is 1. The zero-order chi connectivity index (χ0) is 24.1. The van der Waals surface area contributed by atoms with Crippen molar-refractivity contribution in [2.45, 2.75) is 13.0 Å². The summed E-state index contributed by atoms with van der Waals surface area (Å²) < 4.78 is 0. The van der Waals surface area contributed by atoms with Crippen molar-refractivity contribution in [3.63, 3.8) is 0 Å². The highest BCUT2D eigenvalue weighted by Crippen LogP contribution is 2.32. The Morgan fingerprint density at radius 2 is 1.44 bits per heavy atom. The number of hydrogen-bond donors (Lipinski definition) is 0. The van der Waals surface area contributed by atoms with E-state index in [-0.39, 0.29) is 16.0 Å². The van der Waals surface area contributed by atoms with Crippen molar-refractivity contribution in [1.82, 2.24) is 4.98 Å². The van der Waals surface area contributed by atoms with Crippen LogP contribution in [0.2, 0.25) is 20.2 Å². The van der Waals surface area contributed by atoms with Gasteiger partial charge in [-0.15, -0.1) is 0 Å². The molecule has 0 saturated heterocycles. The zero-order valence-electron chi connectivity index (χ0n) is 17.7. The number of benzene rings is 3. The number of halogens is 4. The maximum atomic E-state index is 12.7. The van der Waals surface area contributed by atoms with Gasteiger partial charge in [-0.3, -0.25) is 4.79 Å². The van der Waals surface area contributed by atoms with E-state index in [0.717, 1.165) is 16.7 Å². The lowest BCUT2D eigenvalue weighted by molar-refractivity contribution is 0.103. The van der Waals surface area contributed by atoms with Crippen molar-refractivity contribution in [2.24, 2.45) is 10.2 Å². The number of ketones is 1. The number of rotatable bonds is 7. The van der Waals surface area contributed by atoms with E-state index in [1.54, 1.807) is 24.3 Å². The lowest BCUT2D eigenvalue weighted by Crippen LogP contribution is -2.02. The smallest absolute Gasteiger partial charge is 0.194 e. The lowest BCUT2D eigenvalue weighted by atomic mass is 10.00. The Hall–Kier alpha value is -2.76. The number of aromatic nitrogens is 1. The first-order valence-electron chi connectivity index (χ1n) is 10.2. The Morgan fingerprint density at radius 3 is 2.09 bits per heavy atom. The summed E-state index contributed by atoms with van der Waals surface area (Å²) in [5, 5.41) is 9.86. The van der Waals surface area contributed by atoms with E-state index in [4.69, 9.17) is 46.4 Å². The van der Waals surface area contributed by atoms with Gasteiger partial charge in [-0.25, -0.2) is 4.98 Å². The fourth-order valence-electron chi connectivity index (χ4n) is 3.29. The van der Waals surface area contributed by atoms with Crippen LogP contribution in [-0.4, -0.2) is 10.8 Å². The van der Waals surface area contributed by atoms with Gasteiger partial charge in [-0.1, -0.05) is 101 Å². The fourth-order valence-corrected chi connectivity index (χ4v) is 4.17. The van der Waals surface area contributed by atoms with E-state index in [0.29, 0.717) is 39.8 Å². The molecule has 1 aromatic heterocycles. The fraction of sp³-hybridized carbons (Fsp3) is 0.0769. The summed E-state index contributed by atoms with van der Waals surface area (Å²) in [5.74, 6) is -0.195. The lowest BCUT2D eigenvalue weighted by Gasteiger charge is -2.09. The van der Waals surface area contributed by atoms with Gasteiger partial charge in [0.1, 0.15) is 5.15 Å². The van der Waals surface area contributed by atoms with E-state index >= 15 is 0 Å². The van der Waals surface area contributed by atoms with Crippen molar-refractivity contribution in [2.75, 3.05) is 0 Å². The van der Waals surface area contributed by atoms with Crippen LogP contribution in [0.5, 0.6) is 0 Å². The first kappa shape index (κ1) is 24.4. The Kier molecular flexibility index (Phi) is 7.96. The third-order valence-electron chi connectivity index (χ3n) is 5.06. The molecule has 0 fully saturated rings. The molecule has 0 aliphatic rings. The van der Waals surface area contributed by atoms with E-state index in [1.165, 1.54) is 12.3 Å². The first-order valence-corrected chi connectivity index (χ1v) is 11.8. The van der Waals surface area contributed by atoms with Crippen molar-refractivity contribution in [3.05, 3.63) is 127 Å². The number of nitrogens with zero attached hydrogens (tertiary/aromatic N) is 3. The van der Waals surface area contributed by atoms with Crippen LogP contribution in [0.3, 0.4) is 0 Å². The van der Waals surface area contributed by atoms with Gasteiger partial charge in [0.05, 0.1) is 17.3 Å². The third-order valence-corrected chi connectivity index (χ3v) is 6.42. The molecule has 8 heteroatoms. The van der Waals surface area contributed by atoms with Gasteiger partial charge in [-0.05, 0) is 34.9 Å². The van der Waals surface area contributed by atoms with Crippen LogP contribution in [-0.2, 0) is 13.0 Å². The zero-order valence-corrected chi connectivity index (χ0v) is 20.7. The van der Waals surface area contributed by atoms with Gasteiger partial charge in [0, 0.05) is 33.8 Å². The molecule has 4 aromatic rings. The van der Waals surface area contributed by atoms with Crippen LogP contribution in [0.15, 0.2) is 89.2 Å². The van der Waals surface area contributed by atoms with Crippen molar-refractivity contribution in [3.8, 4) is 0 Å². The molecule has 0 radical (unpaired) electrons. The minimum absolute atomic E-state index is 0.158. The third kappa shape index (κ3) is 6.02. The Morgan fingerprint density at radius 1 is 0.765 bits per heavy atom. The van der Waals surface area contributed by atoms with E-state index in [9.17, 15) is 4.79 Å². The molecule has 0 atom stereocenters. The summed E-state index contributed by atoms with van der Waals surface area (Å²) in [7, 11) is 0. The molecular formula is C26H17Cl4N3O. The SMILES string of the molecule is O=C(c1ccc(Cc2c(Cl)cc(N=NCc3ccccc3)cc2Cl)cc1)c1cnc(Cl)c(Cl)c1. The summed E-state index contributed by atoms with van der Waals surface area (Å²) in [5.41, 5.74) is 4.26. The topological polar surface area (TPSA) is 54.7 Å². The summed E-state index contributed by atoms with van der Waals surface area (Å²) in [6.45, 7) is 0.473. The predicted octanol–water partition coefficient (Wildman–Crippen LogP) is 8.80. The molecule has 0 spiro atoms. The molecule has 0 aliphatic carbocycles. The van der Waals surface area contributed by atoms with Crippen molar-refractivity contribution < 1.29 is 4.79 Å². The van der Waals surface area contributed by atoms with Crippen LogP contribution in [0.25, 0.3) is 0 Å². The normalized spacial score (nSPS) is 11.2. The standard InChI is InChI=1S/C26H17Cl4N3O/c27-22-12-20(33-32-14-17-4-2-1-3-5-17)13-23(28)21(22)10-16-6-8-18(9-7-16)25(34)19-11-24(29)26(30)31-15-19/h1-9,11-13,15H,10,14H2. The molecule has 170 valence electrons. The van der Waals surface area contributed by atoms with Crippen LogP contribution in [0.4, 0.5) is 5.69 Å². The molecule has 34 heavy (non-hydrogen) atoms. The highest BCUT2D eigenvalue weighted by molar-refractivity contribution is 6.41. The maximum Gasteiger partial charge on any atom is 0.194 e. The maximum absolute atomic E-state index is 12.7. The largest absolute Gasteiger partial charge is 0.289 e. The predicted molar refractivity (Wildman–Crippen MR) is 138 cm³/mol. The molecule has 0 unspecified atom stereocenters. The quantitative estimate of drug-likeness (QED) is 0.137. The van der Waals surface area contributed by atoms with Crippen LogP contribution < -0.4 is 0 Å².